The molecule has 0 saturated carbocycles. The summed E-state index contributed by atoms with van der Waals surface area (Å²) in [5.41, 5.74) is 0.0868. The van der Waals surface area contributed by atoms with E-state index in [-0.39, 0.29) is 18.1 Å². The summed E-state index contributed by atoms with van der Waals surface area (Å²) in [5.74, 6) is 1.40. The number of halogens is 1. The lowest BCUT2D eigenvalue weighted by Crippen LogP contribution is -2.32. The first-order valence-corrected chi connectivity index (χ1v) is 5.04. The molecule has 0 N–H and O–H groups in total. The van der Waals surface area contributed by atoms with Crippen molar-refractivity contribution in [3.8, 4) is 12.3 Å². The molecule has 0 saturated heterocycles. The fraction of sp³-hybridized carbons (Fsp3) is 0.333. The van der Waals surface area contributed by atoms with Crippen LogP contribution >= 0.6 is 0 Å². The lowest BCUT2D eigenvalue weighted by molar-refractivity contribution is 0.0770. The van der Waals surface area contributed by atoms with E-state index in [4.69, 9.17) is 6.42 Å². The predicted molar refractivity (Wildman–Crippen MR) is 59.2 cm³/mol. The molecule has 4 heteroatoms. The summed E-state index contributed by atoms with van der Waals surface area (Å²) in [5, 5.41) is 0. The molecule has 1 aromatic rings. The summed E-state index contributed by atoms with van der Waals surface area (Å²) in [7, 11) is 0. The minimum atomic E-state index is -0.664. The van der Waals surface area contributed by atoms with Crippen LogP contribution in [-0.4, -0.2) is 28.9 Å². The first kappa shape index (κ1) is 12.2. The summed E-state index contributed by atoms with van der Waals surface area (Å²) in [6, 6.07) is 4.13. The molecule has 0 aromatic carbocycles. The predicted octanol–water partition coefficient (Wildman–Crippen LogP) is 1.71. The van der Waals surface area contributed by atoms with Crippen LogP contribution in [0.3, 0.4) is 0 Å². The highest BCUT2D eigenvalue weighted by Crippen LogP contribution is 2.03. The van der Waals surface area contributed by atoms with Gasteiger partial charge >= 0.3 is 0 Å². The van der Waals surface area contributed by atoms with Gasteiger partial charge in [0.25, 0.3) is 5.91 Å². The first-order chi connectivity index (χ1) is 7.69. The minimum Gasteiger partial charge on any atom is -0.326 e. The van der Waals surface area contributed by atoms with Crippen molar-refractivity contribution in [1.82, 2.24) is 9.88 Å². The van der Waals surface area contributed by atoms with Crippen molar-refractivity contribution in [2.45, 2.75) is 13.3 Å². The lowest BCUT2D eigenvalue weighted by atomic mass is 10.3. The zero-order valence-corrected chi connectivity index (χ0v) is 9.11. The molecule has 0 spiro atoms. The van der Waals surface area contributed by atoms with Crippen molar-refractivity contribution in [3.63, 3.8) is 0 Å². The topological polar surface area (TPSA) is 33.2 Å². The van der Waals surface area contributed by atoms with Gasteiger partial charge in [-0.1, -0.05) is 18.9 Å². The monoisotopic (exact) mass is 220 g/mol. The molecule has 16 heavy (non-hydrogen) atoms. The molecule has 0 aliphatic heterocycles. The molecule has 0 fully saturated rings. The van der Waals surface area contributed by atoms with Crippen molar-refractivity contribution in [3.05, 3.63) is 29.8 Å². The molecule has 1 aromatic heterocycles. The maximum Gasteiger partial charge on any atom is 0.273 e. The molecular formula is C12H13FN2O. The number of hydrogen-bond donors (Lipinski definition) is 0. The minimum absolute atomic E-state index is 0.0868. The fourth-order valence-corrected chi connectivity index (χ4v) is 1.32. The highest BCUT2D eigenvalue weighted by Gasteiger charge is 2.15. The zero-order chi connectivity index (χ0) is 12.0. The summed E-state index contributed by atoms with van der Waals surface area (Å²) >= 11 is 0. The Morgan fingerprint density at radius 1 is 1.62 bits per heavy atom. The second-order valence-electron chi connectivity index (χ2n) is 3.28. The molecular weight excluding hydrogens is 207 g/mol. The van der Waals surface area contributed by atoms with Gasteiger partial charge in [-0.15, -0.1) is 6.42 Å². The third-order valence-electron chi connectivity index (χ3n) is 2.00. The van der Waals surface area contributed by atoms with Crippen LogP contribution in [0.4, 0.5) is 4.39 Å². The van der Waals surface area contributed by atoms with E-state index in [1.165, 1.54) is 23.1 Å². The van der Waals surface area contributed by atoms with Crippen LogP contribution < -0.4 is 0 Å². The van der Waals surface area contributed by atoms with E-state index >= 15 is 0 Å². The van der Waals surface area contributed by atoms with Crippen LogP contribution in [-0.2, 0) is 0 Å². The van der Waals surface area contributed by atoms with Gasteiger partial charge in [-0.3, -0.25) is 4.79 Å². The molecule has 3 nitrogen and oxygen atoms in total. The summed E-state index contributed by atoms with van der Waals surface area (Å²) in [4.78, 5) is 16.9. The Bertz CT molecular complexity index is 412. The van der Waals surface area contributed by atoms with Gasteiger partial charge in [-0.05, 0) is 18.6 Å². The Balaban J connectivity index is 2.86. The average molecular weight is 220 g/mol. The Hall–Kier alpha value is -1.89. The van der Waals surface area contributed by atoms with Crippen LogP contribution in [0.1, 0.15) is 23.8 Å². The number of carbonyl (C=O) groups excluding carboxylic acids is 1. The first-order valence-electron chi connectivity index (χ1n) is 5.04. The molecule has 1 heterocycles. The van der Waals surface area contributed by atoms with Crippen LogP contribution in [0.5, 0.6) is 0 Å². The van der Waals surface area contributed by atoms with Crippen LogP contribution in [0.15, 0.2) is 18.2 Å². The van der Waals surface area contributed by atoms with Gasteiger partial charge < -0.3 is 4.90 Å². The molecule has 0 unspecified atom stereocenters. The van der Waals surface area contributed by atoms with E-state index in [0.717, 1.165) is 6.42 Å². The second kappa shape index (κ2) is 5.86. The van der Waals surface area contributed by atoms with Gasteiger partial charge in [0, 0.05) is 6.54 Å². The Morgan fingerprint density at radius 2 is 2.38 bits per heavy atom. The Kier molecular flexibility index (Phi) is 4.46. The maximum atomic E-state index is 12.8. The van der Waals surface area contributed by atoms with Crippen LogP contribution in [0.2, 0.25) is 0 Å². The summed E-state index contributed by atoms with van der Waals surface area (Å²) in [6.45, 7) is 2.70. The highest BCUT2D eigenvalue weighted by atomic mass is 19.1. The third-order valence-corrected chi connectivity index (χ3v) is 2.00. The van der Waals surface area contributed by atoms with Crippen LogP contribution in [0.25, 0.3) is 0 Å². The quantitative estimate of drug-likeness (QED) is 0.571. The van der Waals surface area contributed by atoms with Gasteiger partial charge in [0.2, 0.25) is 5.95 Å². The number of nitrogens with zero attached hydrogens (tertiary/aromatic N) is 2. The average Bonchev–Trinajstić information content (AvgIpc) is 2.28. The summed E-state index contributed by atoms with van der Waals surface area (Å²) in [6.07, 6.45) is 5.96. The molecule has 0 bridgehead atoms. The molecule has 1 amide bonds. The fourth-order valence-electron chi connectivity index (χ4n) is 1.32. The normalized spacial score (nSPS) is 9.56. The van der Waals surface area contributed by atoms with E-state index in [0.29, 0.717) is 6.54 Å². The van der Waals surface area contributed by atoms with Crippen molar-refractivity contribution in [2.75, 3.05) is 13.1 Å². The zero-order valence-electron chi connectivity index (χ0n) is 9.11. The van der Waals surface area contributed by atoms with Crippen molar-refractivity contribution in [1.29, 1.82) is 0 Å². The standard InChI is InChI=1S/C12H13FN2O/c1-3-8-15(9-4-2)12(16)10-6-5-7-11(13)14-10/h1,5-7H,4,8-9H2,2H3. The SMILES string of the molecule is C#CCN(CCC)C(=O)c1cccc(F)n1. The molecule has 84 valence electrons. The number of carbonyl (C=O) groups is 1. The number of rotatable bonds is 4. The van der Waals surface area contributed by atoms with E-state index in [2.05, 4.69) is 10.9 Å². The number of pyridine rings is 1. The van der Waals surface area contributed by atoms with Gasteiger partial charge in [-0.25, -0.2) is 4.98 Å². The van der Waals surface area contributed by atoms with Gasteiger partial charge in [0.05, 0.1) is 6.54 Å². The molecule has 0 atom stereocenters. The number of amides is 1. The second-order valence-corrected chi connectivity index (χ2v) is 3.28. The Morgan fingerprint density at radius 3 is 2.94 bits per heavy atom. The molecule has 1 rings (SSSR count). The number of hydrogen-bond acceptors (Lipinski definition) is 2. The van der Waals surface area contributed by atoms with E-state index in [1.54, 1.807) is 0 Å². The Labute approximate surface area is 94.3 Å². The third kappa shape index (κ3) is 3.06. The molecule has 0 aliphatic carbocycles. The van der Waals surface area contributed by atoms with Crippen molar-refractivity contribution < 1.29 is 9.18 Å². The van der Waals surface area contributed by atoms with Gasteiger partial charge in [-0.2, -0.15) is 4.39 Å². The van der Waals surface area contributed by atoms with E-state index in [1.807, 2.05) is 6.92 Å². The number of aromatic nitrogens is 1. The van der Waals surface area contributed by atoms with Gasteiger partial charge in [0.1, 0.15) is 5.69 Å². The highest BCUT2D eigenvalue weighted by molar-refractivity contribution is 5.92. The van der Waals surface area contributed by atoms with E-state index < -0.39 is 5.95 Å². The van der Waals surface area contributed by atoms with Crippen molar-refractivity contribution >= 4 is 5.91 Å². The lowest BCUT2D eigenvalue weighted by Gasteiger charge is -2.18. The smallest absolute Gasteiger partial charge is 0.273 e. The number of terminal acetylenes is 1. The van der Waals surface area contributed by atoms with Crippen molar-refractivity contribution in [2.24, 2.45) is 0 Å². The molecule has 0 radical (unpaired) electrons. The largest absolute Gasteiger partial charge is 0.326 e. The van der Waals surface area contributed by atoms with E-state index in [9.17, 15) is 9.18 Å². The van der Waals surface area contributed by atoms with Gasteiger partial charge in [0.15, 0.2) is 0 Å². The van der Waals surface area contributed by atoms with Crippen LogP contribution in [0, 0.1) is 18.3 Å². The maximum absolute atomic E-state index is 12.8. The molecule has 0 aliphatic rings. The summed E-state index contributed by atoms with van der Waals surface area (Å²) < 4.78 is 12.8.